The van der Waals surface area contributed by atoms with Gasteiger partial charge in [-0.25, -0.2) is 0 Å². The Balaban J connectivity index is 0.00000225. The lowest BCUT2D eigenvalue weighted by Crippen LogP contribution is -2.48. The monoisotopic (exact) mass is 400 g/mol. The zero-order valence-corrected chi connectivity index (χ0v) is 16.5. The van der Waals surface area contributed by atoms with Crippen LogP contribution in [-0.4, -0.2) is 52.8 Å². The molecule has 0 bridgehead atoms. The lowest BCUT2D eigenvalue weighted by Gasteiger charge is -2.36. The summed E-state index contributed by atoms with van der Waals surface area (Å²) < 4.78 is 0. The highest BCUT2D eigenvalue weighted by molar-refractivity contribution is 5.94. The van der Waals surface area contributed by atoms with Gasteiger partial charge in [0.15, 0.2) is 0 Å². The van der Waals surface area contributed by atoms with Crippen LogP contribution in [0.2, 0.25) is 0 Å². The lowest BCUT2D eigenvalue weighted by molar-refractivity contribution is -0.128. The fraction of sp³-hybridized carbons (Fsp3) is 0.381. The van der Waals surface area contributed by atoms with E-state index in [-0.39, 0.29) is 30.3 Å². The average molecular weight is 401 g/mol. The van der Waals surface area contributed by atoms with Crippen LogP contribution in [0.3, 0.4) is 0 Å². The number of nitrogens with zero attached hydrogens (tertiary/aromatic N) is 3. The van der Waals surface area contributed by atoms with Gasteiger partial charge in [-0.15, -0.1) is 12.4 Å². The van der Waals surface area contributed by atoms with Crippen LogP contribution < -0.4 is 5.32 Å². The van der Waals surface area contributed by atoms with E-state index in [9.17, 15) is 9.59 Å². The van der Waals surface area contributed by atoms with Gasteiger partial charge in [-0.2, -0.15) is 0 Å². The molecule has 0 aliphatic carbocycles. The van der Waals surface area contributed by atoms with Crippen molar-refractivity contribution in [1.82, 2.24) is 20.1 Å². The Morgan fingerprint density at radius 3 is 2.68 bits per heavy atom. The van der Waals surface area contributed by atoms with Crippen LogP contribution in [0, 0.1) is 0 Å². The van der Waals surface area contributed by atoms with Crippen molar-refractivity contribution < 1.29 is 9.59 Å². The summed E-state index contributed by atoms with van der Waals surface area (Å²) in [5.41, 5.74) is 2.79. The molecule has 7 heteroatoms. The maximum absolute atomic E-state index is 13.1. The highest BCUT2D eigenvalue weighted by Gasteiger charge is 2.28. The highest BCUT2D eigenvalue weighted by atomic mass is 35.5. The summed E-state index contributed by atoms with van der Waals surface area (Å²) in [7, 11) is 0. The van der Waals surface area contributed by atoms with Crippen molar-refractivity contribution in [3.8, 4) is 0 Å². The molecule has 28 heavy (non-hydrogen) atoms. The Kier molecular flexibility index (Phi) is 6.65. The molecule has 0 radical (unpaired) electrons. The SMILES string of the molecule is Cl.O=C1CCCN1Cc1ccc(C(=O)N2CCNCC2c2cccnc2)cc1. The van der Waals surface area contributed by atoms with Crippen molar-refractivity contribution in [3.63, 3.8) is 0 Å². The smallest absolute Gasteiger partial charge is 0.254 e. The van der Waals surface area contributed by atoms with Crippen molar-refractivity contribution in [2.24, 2.45) is 0 Å². The summed E-state index contributed by atoms with van der Waals surface area (Å²) in [5.74, 6) is 0.254. The second-order valence-electron chi connectivity index (χ2n) is 7.12. The molecule has 2 aliphatic heterocycles. The van der Waals surface area contributed by atoms with Crippen LogP contribution >= 0.6 is 12.4 Å². The molecular weight excluding hydrogens is 376 g/mol. The average Bonchev–Trinajstić information content (AvgIpc) is 3.13. The number of nitrogens with one attached hydrogen (secondary N) is 1. The van der Waals surface area contributed by atoms with E-state index in [1.165, 1.54) is 0 Å². The van der Waals surface area contributed by atoms with Crippen LogP contribution in [0.5, 0.6) is 0 Å². The van der Waals surface area contributed by atoms with Gasteiger partial charge in [0.05, 0.1) is 6.04 Å². The number of carbonyl (C=O) groups excluding carboxylic acids is 2. The molecule has 1 unspecified atom stereocenters. The van der Waals surface area contributed by atoms with E-state index in [2.05, 4.69) is 10.3 Å². The molecule has 1 aromatic heterocycles. The summed E-state index contributed by atoms with van der Waals surface area (Å²) in [5, 5.41) is 3.36. The number of hydrogen-bond donors (Lipinski definition) is 1. The number of halogens is 1. The van der Waals surface area contributed by atoms with E-state index in [1.54, 1.807) is 6.20 Å². The zero-order valence-electron chi connectivity index (χ0n) is 15.7. The van der Waals surface area contributed by atoms with E-state index in [1.807, 2.05) is 52.4 Å². The fourth-order valence-electron chi connectivity index (χ4n) is 3.83. The first-order valence-electron chi connectivity index (χ1n) is 9.51. The third kappa shape index (κ3) is 4.34. The van der Waals surface area contributed by atoms with Gasteiger partial charge >= 0.3 is 0 Å². The molecule has 0 saturated carbocycles. The second kappa shape index (κ2) is 9.17. The lowest BCUT2D eigenvalue weighted by atomic mass is 10.0. The maximum atomic E-state index is 13.1. The van der Waals surface area contributed by atoms with E-state index in [4.69, 9.17) is 0 Å². The predicted molar refractivity (Wildman–Crippen MR) is 109 cm³/mol. The van der Waals surface area contributed by atoms with Crippen molar-refractivity contribution in [2.45, 2.75) is 25.4 Å². The molecule has 3 heterocycles. The van der Waals surface area contributed by atoms with Crippen LogP contribution in [0.1, 0.15) is 40.4 Å². The maximum Gasteiger partial charge on any atom is 0.254 e. The largest absolute Gasteiger partial charge is 0.338 e. The number of pyridine rings is 1. The normalized spacial score (nSPS) is 19.4. The molecule has 2 fully saturated rings. The molecular formula is C21H25ClN4O2. The third-order valence-corrected chi connectivity index (χ3v) is 5.32. The van der Waals surface area contributed by atoms with Gasteiger partial charge in [-0.3, -0.25) is 14.6 Å². The molecule has 0 spiro atoms. The number of piperazine rings is 1. The number of amides is 2. The minimum absolute atomic E-state index is 0. The summed E-state index contributed by atoms with van der Waals surface area (Å²) in [6.07, 6.45) is 5.16. The molecule has 6 nitrogen and oxygen atoms in total. The number of hydrogen-bond acceptors (Lipinski definition) is 4. The first-order valence-corrected chi connectivity index (χ1v) is 9.51. The first-order chi connectivity index (χ1) is 13.2. The minimum Gasteiger partial charge on any atom is -0.338 e. The summed E-state index contributed by atoms with van der Waals surface area (Å²) >= 11 is 0. The Bertz CT molecular complexity index is 813. The van der Waals surface area contributed by atoms with Gasteiger partial charge in [0.1, 0.15) is 0 Å². The summed E-state index contributed by atoms with van der Waals surface area (Å²) in [6.45, 7) is 3.64. The minimum atomic E-state index is -0.0122. The summed E-state index contributed by atoms with van der Waals surface area (Å²) in [6, 6.07) is 11.6. The Hall–Kier alpha value is -2.44. The standard InChI is InChI=1S/C21H24N4O2.ClH/c26-20-4-2-11-24(20)15-16-5-7-17(8-6-16)21(27)25-12-10-23-14-19(25)18-3-1-9-22-13-18;/h1,3,5-9,13,19,23H,2,4,10-12,14-15H2;1H. The quantitative estimate of drug-likeness (QED) is 0.855. The Morgan fingerprint density at radius 2 is 2.00 bits per heavy atom. The van der Waals surface area contributed by atoms with E-state index in [0.717, 1.165) is 37.2 Å². The molecule has 2 aromatic rings. The number of likely N-dealkylation sites (tertiary alicyclic amines) is 1. The Morgan fingerprint density at radius 1 is 1.18 bits per heavy atom. The van der Waals surface area contributed by atoms with Gasteiger partial charge in [-0.1, -0.05) is 18.2 Å². The molecule has 2 amide bonds. The number of aromatic nitrogens is 1. The van der Waals surface area contributed by atoms with Gasteiger partial charge < -0.3 is 15.1 Å². The molecule has 1 aromatic carbocycles. The van der Waals surface area contributed by atoms with Gasteiger partial charge in [0.25, 0.3) is 5.91 Å². The zero-order chi connectivity index (χ0) is 18.6. The molecule has 148 valence electrons. The van der Waals surface area contributed by atoms with Gasteiger partial charge in [0.2, 0.25) is 5.91 Å². The van der Waals surface area contributed by atoms with Crippen LogP contribution in [0.25, 0.3) is 0 Å². The number of benzene rings is 1. The van der Waals surface area contributed by atoms with Crippen LogP contribution in [-0.2, 0) is 11.3 Å². The van der Waals surface area contributed by atoms with Crippen molar-refractivity contribution >= 4 is 24.2 Å². The molecule has 1 atom stereocenters. The Labute approximate surface area is 171 Å². The van der Waals surface area contributed by atoms with Crippen LogP contribution in [0.15, 0.2) is 48.8 Å². The second-order valence-corrected chi connectivity index (χ2v) is 7.12. The fourth-order valence-corrected chi connectivity index (χ4v) is 3.83. The number of carbonyl (C=O) groups is 2. The van der Waals surface area contributed by atoms with Crippen molar-refractivity contribution in [2.75, 3.05) is 26.2 Å². The topological polar surface area (TPSA) is 65.5 Å². The third-order valence-electron chi connectivity index (χ3n) is 5.32. The van der Waals surface area contributed by atoms with E-state index < -0.39 is 0 Å². The predicted octanol–water partition coefficient (Wildman–Crippen LogP) is 2.41. The van der Waals surface area contributed by atoms with Crippen LogP contribution in [0.4, 0.5) is 0 Å². The van der Waals surface area contributed by atoms with Crippen molar-refractivity contribution in [1.29, 1.82) is 0 Å². The number of rotatable bonds is 4. The van der Waals surface area contributed by atoms with E-state index in [0.29, 0.717) is 25.1 Å². The molecule has 2 saturated heterocycles. The molecule has 4 rings (SSSR count). The highest BCUT2D eigenvalue weighted by Crippen LogP contribution is 2.24. The summed E-state index contributed by atoms with van der Waals surface area (Å²) in [4.78, 5) is 32.9. The van der Waals surface area contributed by atoms with Crippen molar-refractivity contribution in [3.05, 3.63) is 65.5 Å². The van der Waals surface area contributed by atoms with Gasteiger partial charge in [-0.05, 0) is 35.7 Å². The molecule has 2 aliphatic rings. The first kappa shape index (κ1) is 20.3. The molecule has 1 N–H and O–H groups in total. The van der Waals surface area contributed by atoms with Gasteiger partial charge in [0, 0.05) is 57.1 Å². The van der Waals surface area contributed by atoms with E-state index >= 15 is 0 Å².